The van der Waals surface area contributed by atoms with Crippen molar-refractivity contribution in [3.8, 4) is 0 Å². The van der Waals surface area contributed by atoms with Gasteiger partial charge in [-0.3, -0.25) is 4.79 Å². The van der Waals surface area contributed by atoms with Gasteiger partial charge in [0.05, 0.1) is 12.3 Å². The van der Waals surface area contributed by atoms with Crippen molar-refractivity contribution in [1.82, 2.24) is 4.98 Å². The van der Waals surface area contributed by atoms with Gasteiger partial charge in [0.25, 0.3) is 5.91 Å². The molecule has 0 aromatic carbocycles. The summed E-state index contributed by atoms with van der Waals surface area (Å²) >= 11 is 3.41. The van der Waals surface area contributed by atoms with Crippen molar-refractivity contribution in [2.75, 3.05) is 10.6 Å². The zero-order valence-corrected chi connectivity index (χ0v) is 18.8. The van der Waals surface area contributed by atoms with Crippen molar-refractivity contribution in [3.05, 3.63) is 86.4 Å². The van der Waals surface area contributed by atoms with Crippen LogP contribution in [-0.2, 0) is 12.8 Å². The molecule has 7 heteroatoms. The lowest BCUT2D eigenvalue weighted by molar-refractivity contribution is 0.0997. The van der Waals surface area contributed by atoms with E-state index < -0.39 is 0 Å². The molecular weight excluding hydrogens is 426 g/mol. The minimum absolute atomic E-state index is 0.0840. The zero-order chi connectivity index (χ0) is 21.2. The van der Waals surface area contributed by atoms with Crippen LogP contribution < -0.4 is 10.6 Å². The van der Waals surface area contributed by atoms with Crippen LogP contribution in [0.5, 0.6) is 0 Å². The molecule has 4 heterocycles. The summed E-state index contributed by atoms with van der Waals surface area (Å²) in [5.74, 6) is 0.930. The van der Waals surface area contributed by atoms with Crippen LogP contribution >= 0.6 is 22.7 Å². The molecule has 0 spiro atoms. The van der Waals surface area contributed by atoms with Crippen molar-refractivity contribution in [2.24, 2.45) is 0 Å². The van der Waals surface area contributed by atoms with E-state index in [9.17, 15) is 4.79 Å². The molecule has 5 rings (SSSR count). The molecule has 31 heavy (non-hydrogen) atoms. The van der Waals surface area contributed by atoms with E-state index in [0.29, 0.717) is 5.76 Å². The molecular formula is C24H23N3O2S2. The molecule has 158 valence electrons. The van der Waals surface area contributed by atoms with Crippen molar-refractivity contribution in [3.63, 3.8) is 0 Å². The molecule has 4 aromatic heterocycles. The number of nitrogens with zero attached hydrogens (tertiary/aromatic N) is 1. The number of aromatic nitrogens is 1. The molecule has 5 nitrogen and oxygen atoms in total. The van der Waals surface area contributed by atoms with E-state index in [1.165, 1.54) is 34.4 Å². The van der Waals surface area contributed by atoms with Crippen LogP contribution in [0.25, 0.3) is 0 Å². The maximum Gasteiger partial charge on any atom is 0.291 e. The second kappa shape index (κ2) is 8.69. The molecule has 0 aliphatic heterocycles. The lowest BCUT2D eigenvalue weighted by Gasteiger charge is -2.23. The summed E-state index contributed by atoms with van der Waals surface area (Å²) in [7, 11) is 0. The van der Waals surface area contributed by atoms with Crippen LogP contribution in [0.15, 0.2) is 58.5 Å². The maximum atomic E-state index is 12.8. The third-order valence-corrected chi connectivity index (χ3v) is 7.64. The van der Waals surface area contributed by atoms with E-state index in [2.05, 4.69) is 33.1 Å². The molecule has 0 bridgehead atoms. The highest BCUT2D eigenvalue weighted by Gasteiger charge is 2.29. The minimum atomic E-state index is -0.219. The van der Waals surface area contributed by atoms with E-state index in [-0.39, 0.29) is 11.9 Å². The van der Waals surface area contributed by atoms with Gasteiger partial charge in [0, 0.05) is 21.0 Å². The molecule has 1 aliphatic rings. The largest absolute Gasteiger partial charge is 0.459 e. The zero-order valence-electron chi connectivity index (χ0n) is 17.2. The molecule has 0 saturated heterocycles. The molecule has 0 radical (unpaired) electrons. The van der Waals surface area contributed by atoms with Gasteiger partial charge < -0.3 is 15.1 Å². The fourth-order valence-electron chi connectivity index (χ4n) is 4.07. The van der Waals surface area contributed by atoms with Gasteiger partial charge in [-0.2, -0.15) is 0 Å². The van der Waals surface area contributed by atoms with Crippen molar-refractivity contribution >= 4 is 39.4 Å². The molecule has 4 aromatic rings. The normalized spacial score (nSPS) is 14.1. The Balaban J connectivity index is 1.59. The number of furan rings is 1. The predicted molar refractivity (Wildman–Crippen MR) is 126 cm³/mol. The van der Waals surface area contributed by atoms with Crippen molar-refractivity contribution < 1.29 is 9.21 Å². The van der Waals surface area contributed by atoms with Gasteiger partial charge in [-0.05, 0) is 73.9 Å². The van der Waals surface area contributed by atoms with Gasteiger partial charge in [-0.25, -0.2) is 4.98 Å². The smallest absolute Gasteiger partial charge is 0.291 e. The first-order chi connectivity index (χ1) is 15.2. The van der Waals surface area contributed by atoms with E-state index in [4.69, 9.17) is 4.42 Å². The number of thiophene rings is 2. The first-order valence-electron chi connectivity index (χ1n) is 10.4. The highest BCUT2D eigenvalue weighted by atomic mass is 32.1. The first kappa shape index (κ1) is 20.0. The Labute approximate surface area is 189 Å². The fourth-order valence-corrected chi connectivity index (χ4v) is 6.18. The Hall–Kier alpha value is -2.90. The van der Waals surface area contributed by atoms with Gasteiger partial charge in [-0.15, -0.1) is 22.7 Å². The standard InChI is InChI=1S/C24H23N3O2S2/c1-15-7-4-12-20(25-15)26-22(19-11-6-14-30-19)21-16-8-2-3-10-18(16)31-24(21)27-23(28)17-9-5-13-29-17/h4-7,9,11-14,22H,2-3,8,10H2,1H3,(H,25,26)(H,27,28)/t22-/m0/s1. The quantitative estimate of drug-likeness (QED) is 0.355. The summed E-state index contributed by atoms with van der Waals surface area (Å²) in [6.07, 6.45) is 5.97. The maximum absolute atomic E-state index is 12.8. The van der Waals surface area contributed by atoms with Crippen LogP contribution in [0.2, 0.25) is 0 Å². The Morgan fingerprint density at radius 2 is 2.03 bits per heavy atom. The third-order valence-electron chi connectivity index (χ3n) is 5.48. The summed E-state index contributed by atoms with van der Waals surface area (Å²) in [5, 5.41) is 9.78. The molecule has 0 fully saturated rings. The summed E-state index contributed by atoms with van der Waals surface area (Å²) in [6, 6.07) is 13.5. The molecule has 1 atom stereocenters. The Kier molecular flexibility index (Phi) is 5.61. The number of hydrogen-bond donors (Lipinski definition) is 2. The molecule has 1 aliphatic carbocycles. The number of hydrogen-bond acceptors (Lipinski definition) is 6. The fraction of sp³-hybridized carbons (Fsp3) is 0.250. The highest BCUT2D eigenvalue weighted by Crippen LogP contribution is 2.45. The topological polar surface area (TPSA) is 67.2 Å². The summed E-state index contributed by atoms with van der Waals surface area (Å²) in [5.41, 5.74) is 3.49. The first-order valence-corrected chi connectivity index (χ1v) is 12.1. The van der Waals surface area contributed by atoms with Crippen molar-refractivity contribution in [2.45, 2.75) is 38.6 Å². The van der Waals surface area contributed by atoms with Gasteiger partial charge in [0.1, 0.15) is 10.8 Å². The Morgan fingerprint density at radius 3 is 2.81 bits per heavy atom. The number of carbonyl (C=O) groups excluding carboxylic acids is 1. The number of pyridine rings is 1. The van der Waals surface area contributed by atoms with Gasteiger partial charge in [-0.1, -0.05) is 12.1 Å². The van der Waals surface area contributed by atoms with E-state index in [0.717, 1.165) is 34.9 Å². The Morgan fingerprint density at radius 1 is 1.13 bits per heavy atom. The lowest BCUT2D eigenvalue weighted by atomic mass is 9.91. The van der Waals surface area contributed by atoms with E-state index in [1.807, 2.05) is 25.1 Å². The van der Waals surface area contributed by atoms with E-state index in [1.54, 1.807) is 34.8 Å². The number of amides is 1. The molecule has 0 saturated carbocycles. The molecule has 2 N–H and O–H groups in total. The number of nitrogens with one attached hydrogen (secondary N) is 2. The third kappa shape index (κ3) is 4.16. The van der Waals surface area contributed by atoms with E-state index >= 15 is 0 Å². The highest BCUT2D eigenvalue weighted by molar-refractivity contribution is 7.16. The Bertz CT molecular complexity index is 1180. The van der Waals surface area contributed by atoms with Crippen LogP contribution in [0, 0.1) is 6.92 Å². The number of fused-ring (bicyclic) bond motifs is 1. The second-order valence-electron chi connectivity index (χ2n) is 7.64. The summed E-state index contributed by atoms with van der Waals surface area (Å²) in [6.45, 7) is 1.99. The SMILES string of the molecule is Cc1cccc(N[C@@H](c2cccs2)c2c(NC(=O)c3ccco3)sc3c2CCCC3)n1. The van der Waals surface area contributed by atoms with Gasteiger partial charge in [0.2, 0.25) is 0 Å². The molecule has 1 amide bonds. The second-order valence-corrected chi connectivity index (χ2v) is 9.73. The lowest BCUT2D eigenvalue weighted by Crippen LogP contribution is -2.18. The van der Waals surface area contributed by atoms with Crippen molar-refractivity contribution in [1.29, 1.82) is 0 Å². The van der Waals surface area contributed by atoms with Gasteiger partial charge in [0.15, 0.2) is 5.76 Å². The van der Waals surface area contributed by atoms with Crippen LogP contribution in [0.3, 0.4) is 0 Å². The number of anilines is 2. The van der Waals surface area contributed by atoms with Crippen LogP contribution in [0.4, 0.5) is 10.8 Å². The predicted octanol–water partition coefficient (Wildman–Crippen LogP) is 6.44. The summed E-state index contributed by atoms with van der Waals surface area (Å²) in [4.78, 5) is 20.1. The number of rotatable bonds is 6. The van der Waals surface area contributed by atoms with Crippen LogP contribution in [0.1, 0.15) is 56.0 Å². The summed E-state index contributed by atoms with van der Waals surface area (Å²) < 4.78 is 5.32. The average molecular weight is 450 g/mol. The number of aryl methyl sites for hydroxylation is 2. The average Bonchev–Trinajstić information content (AvgIpc) is 3.53. The minimum Gasteiger partial charge on any atom is -0.459 e. The monoisotopic (exact) mass is 449 g/mol. The van der Waals surface area contributed by atoms with Gasteiger partial charge >= 0.3 is 0 Å². The number of carbonyl (C=O) groups is 1. The molecule has 0 unspecified atom stereocenters. The van der Waals surface area contributed by atoms with Crippen LogP contribution in [-0.4, -0.2) is 10.9 Å².